The molecular formula is C26H36N2O4. The van der Waals surface area contributed by atoms with E-state index in [0.717, 1.165) is 29.0 Å². The van der Waals surface area contributed by atoms with Crippen molar-refractivity contribution in [3.05, 3.63) is 59.7 Å². The maximum absolute atomic E-state index is 13.2. The maximum atomic E-state index is 13.2. The van der Waals surface area contributed by atoms with E-state index in [-0.39, 0.29) is 11.8 Å². The lowest BCUT2D eigenvalue weighted by molar-refractivity contribution is -0.141. The number of hydrogen-bond donors (Lipinski definition) is 1. The Hall–Kier alpha value is -3.02. The van der Waals surface area contributed by atoms with E-state index >= 15 is 0 Å². The molecule has 2 amide bonds. The van der Waals surface area contributed by atoms with Gasteiger partial charge in [0.25, 0.3) is 0 Å². The molecule has 0 bridgehead atoms. The van der Waals surface area contributed by atoms with Crippen LogP contribution in [0.25, 0.3) is 0 Å². The molecule has 2 aromatic rings. The van der Waals surface area contributed by atoms with Crippen LogP contribution in [0.3, 0.4) is 0 Å². The minimum absolute atomic E-state index is 0.0394. The first-order valence-corrected chi connectivity index (χ1v) is 11.4. The number of nitrogens with one attached hydrogen (secondary N) is 1. The zero-order chi connectivity index (χ0) is 23.3. The van der Waals surface area contributed by atoms with Crippen molar-refractivity contribution in [3.63, 3.8) is 0 Å². The van der Waals surface area contributed by atoms with E-state index in [4.69, 9.17) is 9.47 Å². The molecule has 0 aliphatic carbocycles. The third-order valence-electron chi connectivity index (χ3n) is 5.27. The van der Waals surface area contributed by atoms with E-state index in [1.165, 1.54) is 0 Å². The van der Waals surface area contributed by atoms with Gasteiger partial charge in [-0.05, 0) is 56.0 Å². The second kappa shape index (κ2) is 13.4. The summed E-state index contributed by atoms with van der Waals surface area (Å²) in [7, 11) is 1.62. The van der Waals surface area contributed by atoms with E-state index in [2.05, 4.69) is 5.32 Å². The van der Waals surface area contributed by atoms with Crippen LogP contribution in [-0.4, -0.2) is 43.0 Å². The van der Waals surface area contributed by atoms with Crippen LogP contribution >= 0.6 is 0 Å². The molecule has 2 rings (SSSR count). The first kappa shape index (κ1) is 25.2. The molecule has 2 aromatic carbocycles. The average molecular weight is 441 g/mol. The fourth-order valence-electron chi connectivity index (χ4n) is 3.40. The van der Waals surface area contributed by atoms with Crippen molar-refractivity contribution in [2.45, 2.75) is 59.0 Å². The minimum Gasteiger partial charge on any atom is -0.497 e. The van der Waals surface area contributed by atoms with E-state index in [1.807, 2.05) is 69.3 Å². The summed E-state index contributed by atoms with van der Waals surface area (Å²) in [4.78, 5) is 27.6. The summed E-state index contributed by atoms with van der Waals surface area (Å²) in [6.45, 7) is 7.43. The SMILES string of the molecule is CCCNC(=O)[C@H](CC)N(Cc1ccc(C)cc1)C(=O)CCCOc1ccc(OC)cc1. The van der Waals surface area contributed by atoms with E-state index < -0.39 is 6.04 Å². The second-order valence-electron chi connectivity index (χ2n) is 7.85. The monoisotopic (exact) mass is 440 g/mol. The molecule has 0 aliphatic rings. The Labute approximate surface area is 191 Å². The molecule has 0 saturated carbocycles. The van der Waals surface area contributed by atoms with Crippen LogP contribution in [0.15, 0.2) is 48.5 Å². The average Bonchev–Trinajstić information content (AvgIpc) is 2.81. The van der Waals surface area contributed by atoms with Gasteiger partial charge in [0.2, 0.25) is 11.8 Å². The maximum Gasteiger partial charge on any atom is 0.242 e. The number of hydrogen-bond acceptors (Lipinski definition) is 4. The minimum atomic E-state index is -0.488. The number of rotatable bonds is 13. The molecule has 174 valence electrons. The number of methoxy groups -OCH3 is 1. The van der Waals surface area contributed by atoms with Crippen LogP contribution in [0.4, 0.5) is 0 Å². The summed E-state index contributed by atoms with van der Waals surface area (Å²) in [6, 6.07) is 15.0. The molecule has 0 radical (unpaired) electrons. The van der Waals surface area contributed by atoms with Gasteiger partial charge in [-0.1, -0.05) is 43.7 Å². The fourth-order valence-corrected chi connectivity index (χ4v) is 3.40. The zero-order valence-corrected chi connectivity index (χ0v) is 19.7. The Bertz CT molecular complexity index is 834. The van der Waals surface area contributed by atoms with E-state index in [0.29, 0.717) is 39.0 Å². The first-order chi connectivity index (χ1) is 15.5. The van der Waals surface area contributed by atoms with E-state index in [1.54, 1.807) is 12.0 Å². The standard InChI is InChI=1S/C26H36N2O4/c1-5-17-27-26(30)24(6-2)28(19-21-11-9-20(3)10-12-21)25(29)8-7-18-32-23-15-13-22(31-4)14-16-23/h9-16,24H,5-8,17-19H2,1-4H3,(H,27,30)/t24-/m0/s1. The van der Waals surface area contributed by atoms with Gasteiger partial charge in [0, 0.05) is 19.5 Å². The van der Waals surface area contributed by atoms with Gasteiger partial charge in [0.05, 0.1) is 13.7 Å². The zero-order valence-electron chi connectivity index (χ0n) is 19.7. The molecule has 6 nitrogen and oxygen atoms in total. The summed E-state index contributed by atoms with van der Waals surface area (Å²) in [6.07, 6.45) is 2.31. The van der Waals surface area contributed by atoms with Gasteiger partial charge in [-0.2, -0.15) is 0 Å². The van der Waals surface area contributed by atoms with E-state index in [9.17, 15) is 9.59 Å². The molecule has 0 fully saturated rings. The quantitative estimate of drug-likeness (QED) is 0.466. The van der Waals surface area contributed by atoms with Crippen LogP contribution in [0.2, 0.25) is 0 Å². The highest BCUT2D eigenvalue weighted by Crippen LogP contribution is 2.18. The summed E-state index contributed by atoms with van der Waals surface area (Å²) in [5.41, 5.74) is 2.18. The molecule has 0 aliphatic heterocycles. The Kier molecular flexibility index (Phi) is 10.6. The van der Waals surface area contributed by atoms with Gasteiger partial charge < -0.3 is 19.7 Å². The van der Waals surface area contributed by atoms with Crippen LogP contribution in [-0.2, 0) is 16.1 Å². The summed E-state index contributed by atoms with van der Waals surface area (Å²) in [5, 5.41) is 2.94. The molecule has 32 heavy (non-hydrogen) atoms. The van der Waals surface area contributed by atoms with Crippen molar-refractivity contribution in [2.75, 3.05) is 20.3 Å². The molecule has 1 N–H and O–H groups in total. The molecule has 0 heterocycles. The van der Waals surface area contributed by atoms with Crippen molar-refractivity contribution in [1.29, 1.82) is 0 Å². The van der Waals surface area contributed by atoms with Crippen molar-refractivity contribution < 1.29 is 19.1 Å². The van der Waals surface area contributed by atoms with Gasteiger partial charge in [-0.25, -0.2) is 0 Å². The van der Waals surface area contributed by atoms with Gasteiger partial charge in [-0.3, -0.25) is 9.59 Å². The number of carbonyl (C=O) groups is 2. The highest BCUT2D eigenvalue weighted by atomic mass is 16.5. The van der Waals surface area contributed by atoms with Gasteiger partial charge in [-0.15, -0.1) is 0 Å². The molecule has 0 saturated heterocycles. The highest BCUT2D eigenvalue weighted by Gasteiger charge is 2.28. The van der Waals surface area contributed by atoms with Gasteiger partial charge in [0.1, 0.15) is 17.5 Å². The van der Waals surface area contributed by atoms with Gasteiger partial charge >= 0.3 is 0 Å². The third-order valence-corrected chi connectivity index (χ3v) is 5.27. The summed E-state index contributed by atoms with van der Waals surface area (Å²) >= 11 is 0. The van der Waals surface area contributed by atoms with Crippen molar-refractivity contribution >= 4 is 11.8 Å². The molecule has 1 atom stereocenters. The van der Waals surface area contributed by atoms with Crippen LogP contribution in [0.5, 0.6) is 11.5 Å². The number of amides is 2. The van der Waals surface area contributed by atoms with Crippen LogP contribution < -0.4 is 14.8 Å². The lowest BCUT2D eigenvalue weighted by Crippen LogP contribution is -2.49. The fraction of sp³-hybridized carbons (Fsp3) is 0.462. The Morgan fingerprint density at radius 2 is 1.66 bits per heavy atom. The number of carbonyl (C=O) groups excluding carboxylic acids is 2. The first-order valence-electron chi connectivity index (χ1n) is 11.4. The lowest BCUT2D eigenvalue weighted by atomic mass is 10.1. The predicted molar refractivity (Wildman–Crippen MR) is 127 cm³/mol. The number of nitrogens with zero attached hydrogens (tertiary/aromatic N) is 1. The number of ether oxygens (including phenoxy) is 2. The summed E-state index contributed by atoms with van der Waals surface area (Å²) in [5.74, 6) is 1.37. The topological polar surface area (TPSA) is 67.9 Å². The Morgan fingerprint density at radius 3 is 2.25 bits per heavy atom. The summed E-state index contributed by atoms with van der Waals surface area (Å²) < 4.78 is 10.9. The predicted octanol–water partition coefficient (Wildman–Crippen LogP) is 4.50. The Morgan fingerprint density at radius 1 is 1.00 bits per heavy atom. The largest absolute Gasteiger partial charge is 0.497 e. The number of aryl methyl sites for hydroxylation is 1. The molecule has 6 heteroatoms. The molecule has 0 aromatic heterocycles. The second-order valence-corrected chi connectivity index (χ2v) is 7.85. The molecule has 0 unspecified atom stereocenters. The van der Waals surface area contributed by atoms with Gasteiger partial charge in [0.15, 0.2) is 0 Å². The van der Waals surface area contributed by atoms with Crippen LogP contribution in [0.1, 0.15) is 50.7 Å². The van der Waals surface area contributed by atoms with Crippen molar-refractivity contribution in [1.82, 2.24) is 10.2 Å². The lowest BCUT2D eigenvalue weighted by Gasteiger charge is -2.30. The van der Waals surface area contributed by atoms with Crippen molar-refractivity contribution in [2.24, 2.45) is 0 Å². The highest BCUT2D eigenvalue weighted by molar-refractivity contribution is 5.87. The molecular weight excluding hydrogens is 404 g/mol. The van der Waals surface area contributed by atoms with Crippen molar-refractivity contribution in [3.8, 4) is 11.5 Å². The normalized spacial score (nSPS) is 11.5. The van der Waals surface area contributed by atoms with Crippen LogP contribution in [0, 0.1) is 6.92 Å². The molecule has 0 spiro atoms. The Balaban J connectivity index is 2.01. The smallest absolute Gasteiger partial charge is 0.242 e. The third kappa shape index (κ3) is 7.91. The number of benzene rings is 2.